The van der Waals surface area contributed by atoms with E-state index in [4.69, 9.17) is 0 Å². The van der Waals surface area contributed by atoms with Gasteiger partial charge in [0.05, 0.1) is 11.0 Å². The maximum atomic E-state index is 2.46. The monoisotopic (exact) mass is 771 g/mol. The number of benzene rings is 12. The highest BCUT2D eigenvalue weighted by Gasteiger charge is 2.20. The smallest absolute Gasteiger partial charge is 0.0547 e. The molecule has 0 saturated carbocycles. The minimum Gasteiger partial charge on any atom is -0.309 e. The Labute approximate surface area is 353 Å². The Hall–Kier alpha value is -8.00. The Bertz CT molecular complexity index is 3820. The number of hydrogen-bond acceptors (Lipinski definition) is 0. The molecule has 0 radical (unpaired) electrons. The lowest BCUT2D eigenvalue weighted by atomic mass is 9.84. The molecule has 0 aliphatic heterocycles. The molecule has 12 aromatic carbocycles. The Balaban J connectivity index is 1.05. The summed E-state index contributed by atoms with van der Waals surface area (Å²) in [5.74, 6) is 0. The molecule has 61 heavy (non-hydrogen) atoms. The van der Waals surface area contributed by atoms with E-state index >= 15 is 0 Å². The molecule has 0 bridgehead atoms. The zero-order valence-electron chi connectivity index (χ0n) is 33.3. The fourth-order valence-corrected chi connectivity index (χ4v) is 10.4. The first-order valence-corrected chi connectivity index (χ1v) is 21.2. The van der Waals surface area contributed by atoms with Crippen LogP contribution in [0.5, 0.6) is 0 Å². The van der Waals surface area contributed by atoms with E-state index in [1.165, 1.54) is 120 Å². The molecule has 1 nitrogen and oxygen atoms in total. The van der Waals surface area contributed by atoms with Crippen LogP contribution >= 0.6 is 0 Å². The summed E-state index contributed by atoms with van der Waals surface area (Å²) in [5.41, 5.74) is 11.0. The van der Waals surface area contributed by atoms with Crippen molar-refractivity contribution in [3.05, 3.63) is 224 Å². The van der Waals surface area contributed by atoms with Gasteiger partial charge >= 0.3 is 0 Å². The molecule has 0 saturated heterocycles. The molecule has 0 amide bonds. The van der Waals surface area contributed by atoms with Crippen LogP contribution in [-0.2, 0) is 0 Å². The van der Waals surface area contributed by atoms with Crippen LogP contribution in [0.4, 0.5) is 0 Å². The molecule has 0 N–H and O–H groups in total. The lowest BCUT2D eigenvalue weighted by Crippen LogP contribution is -1.95. The zero-order valence-corrected chi connectivity index (χ0v) is 33.3. The van der Waals surface area contributed by atoms with E-state index in [1.54, 1.807) is 0 Å². The summed E-state index contributed by atoms with van der Waals surface area (Å²) >= 11 is 0. The van der Waals surface area contributed by atoms with Crippen molar-refractivity contribution in [2.24, 2.45) is 0 Å². The molecular weight excluding hydrogens is 735 g/mol. The van der Waals surface area contributed by atoms with Gasteiger partial charge in [-0.2, -0.15) is 0 Å². The molecule has 13 rings (SSSR count). The molecule has 0 aliphatic carbocycles. The topological polar surface area (TPSA) is 4.93 Å². The molecule has 0 aliphatic rings. The van der Waals surface area contributed by atoms with Gasteiger partial charge in [0, 0.05) is 16.5 Å². The lowest BCUT2D eigenvalue weighted by Gasteiger charge is -2.19. The first-order chi connectivity index (χ1) is 30.3. The van der Waals surface area contributed by atoms with Crippen LogP contribution in [0.15, 0.2) is 224 Å². The quantitative estimate of drug-likeness (QED) is 0.157. The fraction of sp³-hybridized carbons (Fsp3) is 0. The minimum atomic E-state index is 1.15. The predicted octanol–water partition coefficient (Wildman–Crippen LogP) is 16.7. The van der Waals surface area contributed by atoms with Crippen LogP contribution in [0.3, 0.4) is 0 Å². The van der Waals surface area contributed by atoms with Gasteiger partial charge in [0.25, 0.3) is 0 Å². The number of aromatic nitrogens is 1. The van der Waals surface area contributed by atoms with Crippen LogP contribution in [0, 0.1) is 0 Å². The number of nitrogens with zero attached hydrogens (tertiary/aromatic N) is 1. The van der Waals surface area contributed by atoms with Crippen LogP contribution in [0.25, 0.3) is 126 Å². The second-order valence-corrected chi connectivity index (χ2v) is 16.4. The molecular formula is C60H37N. The van der Waals surface area contributed by atoms with Crippen molar-refractivity contribution in [3.63, 3.8) is 0 Å². The summed E-state index contributed by atoms with van der Waals surface area (Å²) < 4.78 is 2.46. The van der Waals surface area contributed by atoms with E-state index in [0.717, 1.165) is 5.69 Å². The third-order valence-corrected chi connectivity index (χ3v) is 13.1. The fourth-order valence-electron chi connectivity index (χ4n) is 10.4. The highest BCUT2D eigenvalue weighted by atomic mass is 15.0. The van der Waals surface area contributed by atoms with Crippen molar-refractivity contribution in [1.82, 2.24) is 4.57 Å². The van der Waals surface area contributed by atoms with Crippen LogP contribution in [0.2, 0.25) is 0 Å². The second kappa shape index (κ2) is 13.3. The van der Waals surface area contributed by atoms with Crippen molar-refractivity contribution >= 4 is 86.4 Å². The molecule has 0 unspecified atom stereocenters. The first kappa shape index (κ1) is 33.9. The van der Waals surface area contributed by atoms with Gasteiger partial charge in [0.2, 0.25) is 0 Å². The molecule has 1 aromatic heterocycles. The van der Waals surface area contributed by atoms with Crippen LogP contribution in [0.1, 0.15) is 0 Å². The minimum absolute atomic E-state index is 1.15. The number of fused-ring (bicyclic) bond motifs is 11. The average Bonchev–Trinajstić information content (AvgIpc) is 3.68. The Morgan fingerprint density at radius 2 is 0.738 bits per heavy atom. The lowest BCUT2D eigenvalue weighted by molar-refractivity contribution is 1.18. The van der Waals surface area contributed by atoms with Crippen LogP contribution in [-0.4, -0.2) is 4.57 Å². The van der Waals surface area contributed by atoms with Gasteiger partial charge in [0.15, 0.2) is 0 Å². The molecule has 13 aromatic rings. The largest absolute Gasteiger partial charge is 0.309 e. The number of hydrogen-bond donors (Lipinski definition) is 0. The van der Waals surface area contributed by atoms with Gasteiger partial charge in [-0.15, -0.1) is 0 Å². The molecule has 0 fully saturated rings. The van der Waals surface area contributed by atoms with Crippen molar-refractivity contribution < 1.29 is 0 Å². The number of rotatable bonds is 4. The van der Waals surface area contributed by atoms with E-state index in [0.29, 0.717) is 0 Å². The summed E-state index contributed by atoms with van der Waals surface area (Å²) in [7, 11) is 0. The normalized spacial score (nSPS) is 11.9. The molecule has 0 atom stereocenters. The average molecular weight is 772 g/mol. The third kappa shape index (κ3) is 5.14. The second-order valence-electron chi connectivity index (χ2n) is 16.4. The molecule has 282 valence electrons. The molecule has 1 heterocycles. The summed E-state index contributed by atoms with van der Waals surface area (Å²) in [4.78, 5) is 0. The third-order valence-electron chi connectivity index (χ3n) is 13.1. The predicted molar refractivity (Wildman–Crippen MR) is 262 cm³/mol. The van der Waals surface area contributed by atoms with Gasteiger partial charge in [-0.3, -0.25) is 0 Å². The van der Waals surface area contributed by atoms with Gasteiger partial charge in [0.1, 0.15) is 0 Å². The maximum Gasteiger partial charge on any atom is 0.0547 e. The van der Waals surface area contributed by atoms with Gasteiger partial charge in [-0.1, -0.05) is 182 Å². The summed E-state index contributed by atoms with van der Waals surface area (Å²) in [6, 6.07) is 83.2. The van der Waals surface area contributed by atoms with E-state index in [9.17, 15) is 0 Å². The summed E-state index contributed by atoms with van der Waals surface area (Å²) in [6.45, 7) is 0. The van der Waals surface area contributed by atoms with Crippen molar-refractivity contribution in [2.45, 2.75) is 0 Å². The van der Waals surface area contributed by atoms with E-state index in [1.807, 2.05) is 0 Å². The summed E-state index contributed by atoms with van der Waals surface area (Å²) in [5, 5.41) is 17.7. The van der Waals surface area contributed by atoms with Gasteiger partial charge in [-0.25, -0.2) is 0 Å². The standard InChI is InChI=1S/C60H37N/c1-2-15-40(16-3-1)58-51-23-11-10-22-50(51)57(52-32-27-45(37-54(52)58)47-24-12-19-44-35-42-17-4-5-18-43(42)36-53(44)47)41-25-30-46(31-26-41)61-55-33-28-38-13-6-8-20-48(38)59(55)60-49-21-9-7-14-39(49)29-34-56(60)61/h1-37H. The van der Waals surface area contributed by atoms with Gasteiger partial charge in [-0.05, 0) is 140 Å². The first-order valence-electron chi connectivity index (χ1n) is 21.2. The van der Waals surface area contributed by atoms with Crippen molar-refractivity contribution in [1.29, 1.82) is 0 Å². The van der Waals surface area contributed by atoms with Crippen molar-refractivity contribution in [3.8, 4) is 39.1 Å². The van der Waals surface area contributed by atoms with Crippen molar-refractivity contribution in [2.75, 3.05) is 0 Å². The highest BCUT2D eigenvalue weighted by molar-refractivity contribution is 6.29. The SMILES string of the molecule is c1ccc(-c2c3ccccc3c(-c3ccc(-n4c5ccc6ccccc6c5c5c6ccccc6ccc54)cc3)c3ccc(-c4cccc5cc6ccccc6cc45)cc23)cc1. The Morgan fingerprint density at radius 3 is 1.39 bits per heavy atom. The Kier molecular flexibility index (Phi) is 7.37. The van der Waals surface area contributed by atoms with Crippen LogP contribution < -0.4 is 0 Å². The maximum absolute atomic E-state index is 2.46. The highest BCUT2D eigenvalue weighted by Crippen LogP contribution is 2.46. The van der Waals surface area contributed by atoms with E-state index in [-0.39, 0.29) is 0 Å². The Morgan fingerprint density at radius 1 is 0.246 bits per heavy atom. The zero-order chi connectivity index (χ0) is 40.0. The van der Waals surface area contributed by atoms with Gasteiger partial charge < -0.3 is 4.57 Å². The molecule has 0 spiro atoms. The summed E-state index contributed by atoms with van der Waals surface area (Å²) in [6.07, 6.45) is 0. The molecule has 1 heteroatoms. The van der Waals surface area contributed by atoms with E-state index < -0.39 is 0 Å². The van der Waals surface area contributed by atoms with E-state index in [2.05, 4.69) is 229 Å².